The minimum atomic E-state index is -0.0540. The number of amides is 1. The van der Waals surface area contributed by atoms with Gasteiger partial charge in [-0.3, -0.25) is 9.48 Å². The number of carbonyl (C=O) groups is 1. The standard InChI is InChI=1S/C22H26N4O2/c1-13-5-6-18-19(22(27)23-10-15-7-17(8-15)28-4)9-20(25-21(18)14(13)2)16-11-24-26(3)12-16/h5-6,9,11-12,15,17H,7-8,10H2,1-4H3,(H,23,27). The van der Waals surface area contributed by atoms with Crippen LogP contribution in [-0.2, 0) is 11.8 Å². The van der Waals surface area contributed by atoms with E-state index in [0.29, 0.717) is 24.1 Å². The highest BCUT2D eigenvalue weighted by molar-refractivity contribution is 6.08. The number of hydrogen-bond acceptors (Lipinski definition) is 4. The fraction of sp³-hybridized carbons (Fsp3) is 0.409. The molecule has 0 atom stereocenters. The zero-order valence-corrected chi connectivity index (χ0v) is 16.8. The van der Waals surface area contributed by atoms with Crippen LogP contribution in [0.3, 0.4) is 0 Å². The number of benzene rings is 1. The molecule has 6 nitrogen and oxygen atoms in total. The van der Waals surface area contributed by atoms with Crippen molar-refractivity contribution in [2.75, 3.05) is 13.7 Å². The Bertz CT molecular complexity index is 1030. The Labute approximate surface area is 164 Å². The maximum Gasteiger partial charge on any atom is 0.252 e. The molecule has 0 bridgehead atoms. The number of aryl methyl sites for hydroxylation is 3. The molecule has 4 rings (SSSR count). The lowest BCUT2D eigenvalue weighted by Gasteiger charge is -2.34. The average Bonchev–Trinajstić information content (AvgIpc) is 3.09. The number of hydrogen-bond donors (Lipinski definition) is 1. The molecule has 146 valence electrons. The van der Waals surface area contributed by atoms with Crippen LogP contribution < -0.4 is 5.32 Å². The molecule has 2 heterocycles. The molecule has 1 saturated carbocycles. The van der Waals surface area contributed by atoms with Crippen molar-refractivity contribution in [2.24, 2.45) is 13.0 Å². The van der Waals surface area contributed by atoms with Crippen molar-refractivity contribution in [1.29, 1.82) is 0 Å². The number of fused-ring (bicyclic) bond motifs is 1. The molecule has 28 heavy (non-hydrogen) atoms. The first kappa shape index (κ1) is 18.6. The second kappa shape index (κ2) is 7.36. The van der Waals surface area contributed by atoms with Crippen LogP contribution in [0.1, 0.15) is 34.3 Å². The lowest BCUT2D eigenvalue weighted by Crippen LogP contribution is -2.39. The highest BCUT2D eigenvalue weighted by Gasteiger charge is 2.29. The van der Waals surface area contributed by atoms with Gasteiger partial charge in [0.2, 0.25) is 0 Å². The number of nitrogens with one attached hydrogen (secondary N) is 1. The fourth-order valence-corrected chi connectivity index (χ4v) is 3.78. The second-order valence-electron chi connectivity index (χ2n) is 7.77. The van der Waals surface area contributed by atoms with E-state index in [9.17, 15) is 4.79 Å². The summed E-state index contributed by atoms with van der Waals surface area (Å²) in [7, 11) is 3.62. The monoisotopic (exact) mass is 378 g/mol. The minimum absolute atomic E-state index is 0.0540. The highest BCUT2D eigenvalue weighted by Crippen LogP contribution is 2.30. The molecule has 3 aromatic rings. The van der Waals surface area contributed by atoms with E-state index >= 15 is 0 Å². The molecule has 6 heteroatoms. The van der Waals surface area contributed by atoms with Crippen molar-refractivity contribution in [1.82, 2.24) is 20.1 Å². The lowest BCUT2D eigenvalue weighted by molar-refractivity contribution is 0.00180. The molecule has 0 radical (unpaired) electrons. The maximum atomic E-state index is 13.0. The first-order chi connectivity index (χ1) is 13.5. The summed E-state index contributed by atoms with van der Waals surface area (Å²) in [6, 6.07) is 5.92. The lowest BCUT2D eigenvalue weighted by atomic mass is 9.82. The number of aromatic nitrogens is 3. The van der Waals surface area contributed by atoms with Crippen molar-refractivity contribution in [3.05, 3.63) is 47.3 Å². The van der Waals surface area contributed by atoms with Gasteiger partial charge in [-0.1, -0.05) is 12.1 Å². The Kier molecular flexibility index (Phi) is 4.89. The van der Waals surface area contributed by atoms with Crippen LogP contribution in [0.4, 0.5) is 0 Å². The molecule has 0 unspecified atom stereocenters. The molecule has 2 aromatic heterocycles. The number of ether oxygens (including phenoxy) is 1. The first-order valence-electron chi connectivity index (χ1n) is 9.67. The van der Waals surface area contributed by atoms with Gasteiger partial charge in [0.05, 0.1) is 29.1 Å². The van der Waals surface area contributed by atoms with Crippen LogP contribution in [0.15, 0.2) is 30.6 Å². The molecule has 0 saturated heterocycles. The summed E-state index contributed by atoms with van der Waals surface area (Å²) in [5, 5.41) is 8.24. The van der Waals surface area contributed by atoms with Crippen LogP contribution in [0.25, 0.3) is 22.2 Å². The summed E-state index contributed by atoms with van der Waals surface area (Å²) in [5.74, 6) is 0.436. The molecular formula is C22H26N4O2. The van der Waals surface area contributed by atoms with E-state index in [0.717, 1.165) is 46.1 Å². The molecule has 0 aliphatic heterocycles. The second-order valence-corrected chi connectivity index (χ2v) is 7.77. The van der Waals surface area contributed by atoms with Gasteiger partial charge >= 0.3 is 0 Å². The first-order valence-corrected chi connectivity index (χ1v) is 9.67. The molecule has 1 amide bonds. The van der Waals surface area contributed by atoms with E-state index in [4.69, 9.17) is 9.72 Å². The molecule has 1 aliphatic carbocycles. The summed E-state index contributed by atoms with van der Waals surface area (Å²) in [6.07, 6.45) is 6.05. The van der Waals surface area contributed by atoms with E-state index in [1.54, 1.807) is 18.0 Å². The van der Waals surface area contributed by atoms with E-state index in [-0.39, 0.29) is 5.91 Å². The van der Waals surface area contributed by atoms with Crippen LogP contribution in [-0.4, -0.2) is 40.4 Å². The van der Waals surface area contributed by atoms with Gasteiger partial charge in [0.1, 0.15) is 0 Å². The highest BCUT2D eigenvalue weighted by atomic mass is 16.5. The largest absolute Gasteiger partial charge is 0.381 e. The van der Waals surface area contributed by atoms with Crippen molar-refractivity contribution in [3.8, 4) is 11.3 Å². The van der Waals surface area contributed by atoms with E-state index in [2.05, 4.69) is 30.3 Å². The van der Waals surface area contributed by atoms with Gasteiger partial charge in [-0.05, 0) is 49.8 Å². The molecule has 1 aromatic carbocycles. The molecule has 1 aliphatic rings. The minimum Gasteiger partial charge on any atom is -0.381 e. The topological polar surface area (TPSA) is 69.0 Å². The number of rotatable bonds is 5. The summed E-state index contributed by atoms with van der Waals surface area (Å²) < 4.78 is 7.07. The summed E-state index contributed by atoms with van der Waals surface area (Å²) in [6.45, 7) is 4.80. The Morgan fingerprint density at radius 2 is 2.11 bits per heavy atom. The van der Waals surface area contributed by atoms with Gasteiger partial charge in [-0.2, -0.15) is 5.10 Å². The Morgan fingerprint density at radius 1 is 1.32 bits per heavy atom. The van der Waals surface area contributed by atoms with Crippen LogP contribution in [0.5, 0.6) is 0 Å². The number of carbonyl (C=O) groups excluding carboxylic acids is 1. The molecule has 1 fully saturated rings. The molecule has 0 spiro atoms. The zero-order valence-electron chi connectivity index (χ0n) is 16.8. The summed E-state index contributed by atoms with van der Waals surface area (Å²) >= 11 is 0. The number of pyridine rings is 1. The Hall–Kier alpha value is -2.73. The maximum absolute atomic E-state index is 13.0. The SMILES string of the molecule is COC1CC(CNC(=O)c2cc(-c3cnn(C)c3)nc3c(C)c(C)ccc23)C1. The van der Waals surface area contributed by atoms with Crippen molar-refractivity contribution >= 4 is 16.8 Å². The normalized spacial score (nSPS) is 18.9. The van der Waals surface area contributed by atoms with Crippen molar-refractivity contribution < 1.29 is 9.53 Å². The molecule has 1 N–H and O–H groups in total. The number of methoxy groups -OCH3 is 1. The van der Waals surface area contributed by atoms with E-state index in [1.807, 2.05) is 25.4 Å². The Balaban J connectivity index is 1.69. The van der Waals surface area contributed by atoms with Gasteiger partial charge < -0.3 is 10.1 Å². The van der Waals surface area contributed by atoms with Crippen molar-refractivity contribution in [2.45, 2.75) is 32.8 Å². The van der Waals surface area contributed by atoms with Gasteiger partial charge in [-0.25, -0.2) is 4.98 Å². The predicted molar refractivity (Wildman–Crippen MR) is 109 cm³/mol. The summed E-state index contributed by atoms with van der Waals surface area (Å²) in [4.78, 5) is 17.9. The van der Waals surface area contributed by atoms with Crippen molar-refractivity contribution in [3.63, 3.8) is 0 Å². The van der Waals surface area contributed by atoms with Crippen LogP contribution in [0, 0.1) is 19.8 Å². The Morgan fingerprint density at radius 3 is 2.79 bits per heavy atom. The predicted octanol–water partition coefficient (Wildman–Crippen LogP) is 3.41. The average molecular weight is 378 g/mol. The van der Waals surface area contributed by atoms with E-state index in [1.165, 1.54) is 0 Å². The van der Waals surface area contributed by atoms with Gasteiger partial charge in [0, 0.05) is 37.8 Å². The number of nitrogens with zero attached hydrogens (tertiary/aromatic N) is 3. The van der Waals surface area contributed by atoms with Gasteiger partial charge in [0.25, 0.3) is 5.91 Å². The third-order valence-electron chi connectivity index (χ3n) is 5.83. The fourth-order valence-electron chi connectivity index (χ4n) is 3.78. The third kappa shape index (κ3) is 3.40. The summed E-state index contributed by atoms with van der Waals surface area (Å²) in [5.41, 5.74) is 5.46. The quantitative estimate of drug-likeness (QED) is 0.739. The van der Waals surface area contributed by atoms with Gasteiger partial charge in [0.15, 0.2) is 0 Å². The third-order valence-corrected chi connectivity index (χ3v) is 5.83. The van der Waals surface area contributed by atoms with Crippen LogP contribution >= 0.6 is 0 Å². The van der Waals surface area contributed by atoms with E-state index < -0.39 is 0 Å². The zero-order chi connectivity index (χ0) is 19.8. The van der Waals surface area contributed by atoms with Gasteiger partial charge in [-0.15, -0.1) is 0 Å². The van der Waals surface area contributed by atoms with Crippen LogP contribution in [0.2, 0.25) is 0 Å². The molecular weight excluding hydrogens is 352 g/mol. The smallest absolute Gasteiger partial charge is 0.252 e.